The van der Waals surface area contributed by atoms with Gasteiger partial charge in [-0.15, -0.1) is 0 Å². The molecule has 1 saturated heterocycles. The molecule has 23 heavy (non-hydrogen) atoms. The molecular formula is C20H32N2O. The minimum absolute atomic E-state index is 0.101. The first-order chi connectivity index (χ1) is 10.7. The zero-order valence-corrected chi connectivity index (χ0v) is 15.6. The highest BCUT2D eigenvalue weighted by Gasteiger charge is 2.38. The average molecular weight is 316 g/mol. The van der Waals surface area contributed by atoms with Gasteiger partial charge in [-0.1, -0.05) is 26.8 Å². The van der Waals surface area contributed by atoms with Crippen molar-refractivity contribution in [2.24, 2.45) is 5.92 Å². The first-order valence-corrected chi connectivity index (χ1v) is 8.99. The van der Waals surface area contributed by atoms with E-state index in [2.05, 4.69) is 58.6 Å². The number of fused-ring (bicyclic) bond motifs is 3. The highest BCUT2D eigenvalue weighted by Crippen LogP contribution is 2.39. The van der Waals surface area contributed by atoms with Crippen LogP contribution in [0.3, 0.4) is 0 Å². The number of hydrogen-bond acceptors (Lipinski definition) is 3. The predicted molar refractivity (Wildman–Crippen MR) is 94.8 cm³/mol. The summed E-state index contributed by atoms with van der Waals surface area (Å²) in [5.41, 5.74) is 4.16. The maximum atomic E-state index is 6.01. The SMILES string of the molecule is CC(C)(C)c1ccc2c(n1)[C@@H]1CCN(C(C)(C)C)C[C@@H]1COC2. The van der Waals surface area contributed by atoms with Crippen molar-refractivity contribution in [2.45, 2.75) is 71.4 Å². The Morgan fingerprint density at radius 3 is 2.52 bits per heavy atom. The number of piperidine rings is 1. The largest absolute Gasteiger partial charge is 0.376 e. The van der Waals surface area contributed by atoms with Gasteiger partial charge in [-0.3, -0.25) is 9.88 Å². The van der Waals surface area contributed by atoms with Crippen LogP contribution >= 0.6 is 0 Å². The zero-order valence-electron chi connectivity index (χ0n) is 15.6. The van der Waals surface area contributed by atoms with E-state index in [1.807, 2.05) is 0 Å². The van der Waals surface area contributed by atoms with Crippen LogP contribution in [0.1, 0.15) is 70.8 Å². The molecule has 0 aromatic carbocycles. The monoisotopic (exact) mass is 316 g/mol. The van der Waals surface area contributed by atoms with Gasteiger partial charge >= 0.3 is 0 Å². The Kier molecular flexibility index (Phi) is 4.31. The van der Waals surface area contributed by atoms with E-state index in [9.17, 15) is 0 Å². The van der Waals surface area contributed by atoms with Gasteiger partial charge in [0.05, 0.1) is 13.2 Å². The van der Waals surface area contributed by atoms with Crippen LogP contribution in [0, 0.1) is 5.92 Å². The van der Waals surface area contributed by atoms with Gasteiger partial charge in [0, 0.05) is 40.7 Å². The third kappa shape index (κ3) is 3.46. The molecule has 3 rings (SSSR count). The summed E-state index contributed by atoms with van der Waals surface area (Å²) in [5.74, 6) is 1.11. The summed E-state index contributed by atoms with van der Waals surface area (Å²) in [6, 6.07) is 4.44. The lowest BCUT2D eigenvalue weighted by Gasteiger charge is -2.44. The van der Waals surface area contributed by atoms with E-state index < -0.39 is 0 Å². The number of rotatable bonds is 0. The Hall–Kier alpha value is -0.930. The van der Waals surface area contributed by atoms with E-state index in [1.54, 1.807) is 0 Å². The Morgan fingerprint density at radius 1 is 1.13 bits per heavy atom. The summed E-state index contributed by atoms with van der Waals surface area (Å²) in [7, 11) is 0. The molecule has 1 aromatic heterocycles. The van der Waals surface area contributed by atoms with Crippen LogP contribution in [0.5, 0.6) is 0 Å². The van der Waals surface area contributed by atoms with Gasteiger partial charge < -0.3 is 4.74 Å². The first kappa shape index (κ1) is 16.9. The molecule has 0 spiro atoms. The van der Waals surface area contributed by atoms with Crippen molar-refractivity contribution >= 4 is 0 Å². The second kappa shape index (κ2) is 5.86. The summed E-state index contributed by atoms with van der Waals surface area (Å²) in [4.78, 5) is 7.72. The molecule has 0 radical (unpaired) electrons. The van der Waals surface area contributed by atoms with Crippen LogP contribution < -0.4 is 0 Å². The fourth-order valence-electron chi connectivity index (χ4n) is 3.86. The Balaban J connectivity index is 1.92. The molecular weight excluding hydrogens is 284 g/mol. The topological polar surface area (TPSA) is 25.4 Å². The van der Waals surface area contributed by atoms with Gasteiger partial charge in [0.25, 0.3) is 0 Å². The van der Waals surface area contributed by atoms with Crippen molar-refractivity contribution in [3.05, 3.63) is 29.1 Å². The number of aromatic nitrogens is 1. The third-order valence-electron chi connectivity index (χ3n) is 5.40. The Bertz CT molecular complexity index is 568. The fourth-order valence-corrected chi connectivity index (χ4v) is 3.86. The minimum atomic E-state index is 0.101. The number of ether oxygens (including phenoxy) is 1. The van der Waals surface area contributed by atoms with Crippen LogP contribution in [-0.2, 0) is 16.8 Å². The molecule has 0 unspecified atom stereocenters. The molecule has 2 aliphatic heterocycles. The molecule has 0 aliphatic carbocycles. The van der Waals surface area contributed by atoms with Crippen LogP contribution in [-0.4, -0.2) is 35.1 Å². The quantitative estimate of drug-likeness (QED) is 0.720. The van der Waals surface area contributed by atoms with E-state index in [-0.39, 0.29) is 11.0 Å². The third-order valence-corrected chi connectivity index (χ3v) is 5.40. The van der Waals surface area contributed by atoms with Crippen molar-refractivity contribution in [3.8, 4) is 0 Å². The van der Waals surface area contributed by atoms with E-state index in [1.165, 1.54) is 23.4 Å². The molecule has 3 heterocycles. The number of likely N-dealkylation sites (tertiary alicyclic amines) is 1. The lowest BCUT2D eigenvalue weighted by Crippen LogP contribution is -2.50. The lowest BCUT2D eigenvalue weighted by molar-refractivity contribution is 0.0193. The predicted octanol–water partition coefficient (Wildman–Crippen LogP) is 4.11. The maximum absolute atomic E-state index is 6.01. The zero-order chi connectivity index (χ0) is 16.8. The summed E-state index contributed by atoms with van der Waals surface area (Å²) in [5, 5.41) is 0. The number of hydrogen-bond donors (Lipinski definition) is 0. The molecule has 1 fully saturated rings. The van der Waals surface area contributed by atoms with Gasteiger partial charge in [0.2, 0.25) is 0 Å². The number of pyridine rings is 1. The summed E-state index contributed by atoms with van der Waals surface area (Å²) in [6.45, 7) is 17.5. The van der Waals surface area contributed by atoms with Gasteiger partial charge in [-0.05, 0) is 45.4 Å². The van der Waals surface area contributed by atoms with E-state index in [0.29, 0.717) is 11.8 Å². The molecule has 1 aromatic rings. The van der Waals surface area contributed by atoms with E-state index >= 15 is 0 Å². The highest BCUT2D eigenvalue weighted by atomic mass is 16.5. The van der Waals surface area contributed by atoms with Crippen molar-refractivity contribution in [2.75, 3.05) is 19.7 Å². The molecule has 0 N–H and O–H groups in total. The second-order valence-corrected chi connectivity index (χ2v) is 9.28. The highest BCUT2D eigenvalue weighted by molar-refractivity contribution is 5.30. The van der Waals surface area contributed by atoms with Crippen molar-refractivity contribution < 1.29 is 4.74 Å². The van der Waals surface area contributed by atoms with Crippen LogP contribution in [0.15, 0.2) is 12.1 Å². The van der Waals surface area contributed by atoms with Crippen molar-refractivity contribution in [1.29, 1.82) is 0 Å². The molecule has 3 nitrogen and oxygen atoms in total. The average Bonchev–Trinajstić information content (AvgIpc) is 2.63. The molecule has 2 aliphatic rings. The van der Waals surface area contributed by atoms with Crippen LogP contribution in [0.4, 0.5) is 0 Å². The molecule has 0 saturated carbocycles. The van der Waals surface area contributed by atoms with Crippen LogP contribution in [0.25, 0.3) is 0 Å². The smallest absolute Gasteiger partial charge is 0.0734 e. The lowest BCUT2D eigenvalue weighted by atomic mass is 9.80. The van der Waals surface area contributed by atoms with Crippen molar-refractivity contribution in [1.82, 2.24) is 9.88 Å². The first-order valence-electron chi connectivity index (χ1n) is 8.99. The van der Waals surface area contributed by atoms with Gasteiger partial charge in [-0.25, -0.2) is 0 Å². The Morgan fingerprint density at radius 2 is 1.87 bits per heavy atom. The maximum Gasteiger partial charge on any atom is 0.0734 e. The molecule has 128 valence electrons. The van der Waals surface area contributed by atoms with Crippen molar-refractivity contribution in [3.63, 3.8) is 0 Å². The minimum Gasteiger partial charge on any atom is -0.376 e. The van der Waals surface area contributed by atoms with E-state index in [4.69, 9.17) is 9.72 Å². The summed E-state index contributed by atoms with van der Waals surface area (Å²) in [6.07, 6.45) is 1.19. The van der Waals surface area contributed by atoms with Gasteiger partial charge in [0.15, 0.2) is 0 Å². The summed E-state index contributed by atoms with van der Waals surface area (Å²) >= 11 is 0. The van der Waals surface area contributed by atoms with Gasteiger partial charge in [0.1, 0.15) is 0 Å². The number of nitrogens with zero attached hydrogens (tertiary/aromatic N) is 2. The molecule has 0 bridgehead atoms. The molecule has 0 amide bonds. The molecule has 3 heteroatoms. The standard InChI is InChI=1S/C20H32N2O/c1-19(2,3)17-8-7-14-12-23-13-15-11-22(20(4,5)6)10-9-16(15)18(14)21-17/h7-8,15-16H,9-13H2,1-6H3/t15-,16-/m1/s1. The Labute approximate surface area is 141 Å². The fraction of sp³-hybridized carbons (Fsp3) is 0.750. The normalized spacial score (nSPS) is 26.3. The molecule has 2 atom stereocenters. The van der Waals surface area contributed by atoms with E-state index in [0.717, 1.165) is 26.3 Å². The summed E-state index contributed by atoms with van der Waals surface area (Å²) < 4.78 is 6.01. The van der Waals surface area contributed by atoms with Gasteiger partial charge in [-0.2, -0.15) is 0 Å². The van der Waals surface area contributed by atoms with Crippen LogP contribution in [0.2, 0.25) is 0 Å². The second-order valence-electron chi connectivity index (χ2n) is 9.28.